The molecule has 0 radical (unpaired) electrons. The van der Waals surface area contributed by atoms with E-state index in [0.717, 1.165) is 24.3 Å². The van der Waals surface area contributed by atoms with Crippen molar-refractivity contribution < 1.29 is 19.1 Å². The van der Waals surface area contributed by atoms with Gasteiger partial charge < -0.3 is 19.4 Å². The number of carbonyl (C=O) groups is 2. The van der Waals surface area contributed by atoms with Gasteiger partial charge in [-0.2, -0.15) is 0 Å². The van der Waals surface area contributed by atoms with Crippen molar-refractivity contribution in [2.45, 2.75) is 25.8 Å². The Bertz CT molecular complexity index is 1020. The molecule has 1 N–H and O–H groups in total. The lowest BCUT2D eigenvalue weighted by Crippen LogP contribution is -2.33. The van der Waals surface area contributed by atoms with Crippen LogP contribution in [-0.2, 0) is 22.5 Å². The van der Waals surface area contributed by atoms with E-state index >= 15 is 0 Å². The second-order valence-corrected chi connectivity index (χ2v) is 8.32. The Labute approximate surface area is 197 Å². The number of ether oxygens (including phenoxy) is 2. The summed E-state index contributed by atoms with van der Waals surface area (Å²) in [7, 11) is 3.19. The van der Waals surface area contributed by atoms with Crippen LogP contribution in [0.1, 0.15) is 28.1 Å². The normalized spacial score (nSPS) is 10.7. The molecule has 0 atom stereocenters. The third kappa shape index (κ3) is 7.40. The molecule has 0 spiro atoms. The predicted octanol–water partition coefficient (Wildman–Crippen LogP) is 2.78. The number of imidazole rings is 1. The molecule has 3 rings (SSSR count). The Morgan fingerprint density at radius 1 is 1.27 bits per heavy atom. The van der Waals surface area contributed by atoms with Crippen LogP contribution in [0.3, 0.4) is 0 Å². The summed E-state index contributed by atoms with van der Waals surface area (Å²) in [6.45, 7) is 2.08. The molecule has 0 saturated carbocycles. The summed E-state index contributed by atoms with van der Waals surface area (Å²) in [4.78, 5) is 35.8. The highest BCUT2D eigenvalue weighted by atomic mass is 32.1. The number of anilines is 1. The van der Waals surface area contributed by atoms with Crippen LogP contribution >= 0.6 is 11.3 Å². The highest BCUT2D eigenvalue weighted by molar-refractivity contribution is 7.17. The SMILES string of the molecule is COCCC(=O)N(CCc1cccc(OC)c1)c1ncc(C(=O)NCCCn2ccnc2)s1. The van der Waals surface area contributed by atoms with E-state index in [0.29, 0.717) is 36.1 Å². The zero-order valence-corrected chi connectivity index (χ0v) is 19.7. The van der Waals surface area contributed by atoms with E-state index in [1.807, 2.05) is 35.0 Å². The summed E-state index contributed by atoms with van der Waals surface area (Å²) in [6.07, 6.45) is 8.54. The van der Waals surface area contributed by atoms with Crippen LogP contribution in [0, 0.1) is 0 Å². The van der Waals surface area contributed by atoms with Crippen molar-refractivity contribution in [1.82, 2.24) is 19.9 Å². The molecule has 0 aliphatic carbocycles. The summed E-state index contributed by atoms with van der Waals surface area (Å²) in [5.74, 6) is 0.480. The molecule has 3 aromatic rings. The fourth-order valence-electron chi connectivity index (χ4n) is 3.18. The molecular weight excluding hydrogens is 442 g/mol. The monoisotopic (exact) mass is 471 g/mol. The van der Waals surface area contributed by atoms with Crippen molar-refractivity contribution in [2.24, 2.45) is 0 Å². The third-order valence-corrected chi connectivity index (χ3v) is 5.98. The highest BCUT2D eigenvalue weighted by Gasteiger charge is 2.21. The molecule has 2 amide bonds. The van der Waals surface area contributed by atoms with Gasteiger partial charge in [-0.05, 0) is 30.5 Å². The second-order valence-electron chi connectivity index (χ2n) is 7.31. The summed E-state index contributed by atoms with van der Waals surface area (Å²) in [6, 6.07) is 7.74. The summed E-state index contributed by atoms with van der Waals surface area (Å²) in [5.41, 5.74) is 1.05. The van der Waals surface area contributed by atoms with Gasteiger partial charge in [0.15, 0.2) is 5.13 Å². The quantitative estimate of drug-likeness (QED) is 0.385. The number of amides is 2. The first-order chi connectivity index (χ1) is 16.1. The smallest absolute Gasteiger partial charge is 0.263 e. The highest BCUT2D eigenvalue weighted by Crippen LogP contribution is 2.24. The number of hydrogen-bond acceptors (Lipinski definition) is 7. The van der Waals surface area contributed by atoms with Gasteiger partial charge in [0.2, 0.25) is 5.91 Å². The van der Waals surface area contributed by atoms with E-state index in [1.165, 1.54) is 17.5 Å². The zero-order valence-electron chi connectivity index (χ0n) is 18.9. The number of aromatic nitrogens is 3. The largest absolute Gasteiger partial charge is 0.497 e. The fourth-order valence-corrected chi connectivity index (χ4v) is 4.06. The third-order valence-electron chi connectivity index (χ3n) is 4.97. The summed E-state index contributed by atoms with van der Waals surface area (Å²) < 4.78 is 12.3. The molecule has 0 aliphatic rings. The van der Waals surface area contributed by atoms with Crippen LogP contribution in [0.15, 0.2) is 49.2 Å². The van der Waals surface area contributed by atoms with Crippen LogP contribution in [0.2, 0.25) is 0 Å². The Morgan fingerprint density at radius 2 is 2.15 bits per heavy atom. The van der Waals surface area contributed by atoms with Gasteiger partial charge in [0.1, 0.15) is 10.6 Å². The number of rotatable bonds is 13. The Hall–Kier alpha value is -3.24. The van der Waals surface area contributed by atoms with Gasteiger partial charge in [0.25, 0.3) is 5.91 Å². The molecule has 33 heavy (non-hydrogen) atoms. The zero-order chi connectivity index (χ0) is 23.5. The minimum Gasteiger partial charge on any atom is -0.497 e. The van der Waals surface area contributed by atoms with Crippen LogP contribution in [0.25, 0.3) is 0 Å². The molecule has 176 valence electrons. The molecule has 0 saturated heterocycles. The topological polar surface area (TPSA) is 98.6 Å². The first-order valence-electron chi connectivity index (χ1n) is 10.7. The number of thiazole rings is 1. The summed E-state index contributed by atoms with van der Waals surface area (Å²) in [5, 5.41) is 3.41. The van der Waals surface area contributed by atoms with Crippen molar-refractivity contribution in [2.75, 3.05) is 38.8 Å². The number of carbonyl (C=O) groups excluding carboxylic acids is 2. The summed E-state index contributed by atoms with van der Waals surface area (Å²) >= 11 is 1.21. The van der Waals surface area contributed by atoms with E-state index in [4.69, 9.17) is 9.47 Å². The van der Waals surface area contributed by atoms with Gasteiger partial charge in [0.05, 0.1) is 32.7 Å². The minimum absolute atomic E-state index is 0.0959. The lowest BCUT2D eigenvalue weighted by atomic mass is 10.1. The molecule has 0 fully saturated rings. The van der Waals surface area contributed by atoms with Crippen LogP contribution in [0.5, 0.6) is 5.75 Å². The van der Waals surface area contributed by atoms with E-state index in [-0.39, 0.29) is 18.2 Å². The molecule has 2 aromatic heterocycles. The standard InChI is InChI=1S/C23H29N5O4S/c1-31-14-8-21(29)28(12-7-18-5-3-6-19(15-18)32-2)23-26-16-20(33-23)22(30)25-9-4-11-27-13-10-24-17-27/h3,5-6,10,13,15-17H,4,7-9,11-12,14H2,1-2H3,(H,25,30). The number of nitrogens with one attached hydrogen (secondary N) is 1. The molecule has 1 aromatic carbocycles. The van der Waals surface area contributed by atoms with Crippen LogP contribution < -0.4 is 15.0 Å². The second kappa shape index (κ2) is 12.7. The van der Waals surface area contributed by atoms with Gasteiger partial charge >= 0.3 is 0 Å². The number of hydrogen-bond donors (Lipinski definition) is 1. The van der Waals surface area contributed by atoms with Crippen LogP contribution in [-0.4, -0.2) is 60.3 Å². The molecule has 9 nitrogen and oxygen atoms in total. The van der Waals surface area contributed by atoms with Crippen molar-refractivity contribution in [3.8, 4) is 5.75 Å². The predicted molar refractivity (Wildman–Crippen MR) is 127 cm³/mol. The van der Waals surface area contributed by atoms with E-state index < -0.39 is 0 Å². The maximum absolute atomic E-state index is 12.8. The van der Waals surface area contributed by atoms with E-state index in [1.54, 1.807) is 31.6 Å². The maximum Gasteiger partial charge on any atom is 0.263 e. The van der Waals surface area contributed by atoms with Crippen molar-refractivity contribution >= 4 is 28.3 Å². The Kier molecular flexibility index (Phi) is 9.40. The van der Waals surface area contributed by atoms with Crippen molar-refractivity contribution in [3.05, 3.63) is 59.6 Å². The number of nitrogens with zero attached hydrogens (tertiary/aromatic N) is 4. The minimum atomic E-state index is -0.193. The molecular formula is C23H29N5O4S. The van der Waals surface area contributed by atoms with Crippen molar-refractivity contribution in [3.63, 3.8) is 0 Å². The molecule has 10 heteroatoms. The lowest BCUT2D eigenvalue weighted by Gasteiger charge is -2.20. The van der Waals surface area contributed by atoms with Gasteiger partial charge in [-0.3, -0.25) is 14.5 Å². The van der Waals surface area contributed by atoms with Gasteiger partial charge in [-0.15, -0.1) is 0 Å². The fraction of sp³-hybridized carbons (Fsp3) is 0.391. The molecule has 0 aliphatic heterocycles. The van der Waals surface area contributed by atoms with E-state index in [9.17, 15) is 9.59 Å². The number of methoxy groups -OCH3 is 2. The van der Waals surface area contributed by atoms with Crippen LogP contribution in [0.4, 0.5) is 5.13 Å². The first-order valence-corrected chi connectivity index (χ1v) is 11.5. The average molecular weight is 472 g/mol. The average Bonchev–Trinajstić information content (AvgIpc) is 3.53. The molecule has 0 bridgehead atoms. The van der Waals surface area contributed by atoms with Gasteiger partial charge in [0, 0.05) is 39.1 Å². The number of aryl methyl sites for hydroxylation is 1. The van der Waals surface area contributed by atoms with Crippen molar-refractivity contribution in [1.29, 1.82) is 0 Å². The Balaban J connectivity index is 1.60. The lowest BCUT2D eigenvalue weighted by molar-refractivity contribution is -0.119. The maximum atomic E-state index is 12.8. The first kappa shape index (κ1) is 24.4. The van der Waals surface area contributed by atoms with E-state index in [2.05, 4.69) is 15.3 Å². The van der Waals surface area contributed by atoms with Gasteiger partial charge in [-0.1, -0.05) is 23.5 Å². The number of benzene rings is 1. The van der Waals surface area contributed by atoms with Gasteiger partial charge in [-0.25, -0.2) is 9.97 Å². The molecule has 0 unspecified atom stereocenters. The Morgan fingerprint density at radius 3 is 2.91 bits per heavy atom. The molecule has 2 heterocycles.